The molecule has 1 aliphatic heterocycles. The van der Waals surface area contributed by atoms with E-state index in [9.17, 15) is 14.4 Å². The molecular weight excluding hydrogens is 454 g/mol. The first-order valence-electron chi connectivity index (χ1n) is 11.3. The molecule has 0 aliphatic carbocycles. The predicted octanol–water partition coefficient (Wildman–Crippen LogP) is 2.67. The quantitative estimate of drug-likeness (QED) is 0.456. The van der Waals surface area contributed by atoms with Gasteiger partial charge >= 0.3 is 6.03 Å². The zero-order valence-electron chi connectivity index (χ0n) is 19.1. The van der Waals surface area contributed by atoms with Crippen molar-refractivity contribution >= 4 is 40.5 Å². The lowest BCUT2D eigenvalue weighted by atomic mass is 10.1. The average molecular weight is 484 g/mol. The van der Waals surface area contributed by atoms with Gasteiger partial charge in [-0.25, -0.2) is 4.79 Å². The van der Waals surface area contributed by atoms with Crippen LogP contribution < -0.4 is 10.6 Å². The minimum absolute atomic E-state index is 0.0485. The Morgan fingerprint density at radius 3 is 2.59 bits per heavy atom. The number of aromatic nitrogens is 1. The van der Waals surface area contributed by atoms with E-state index in [2.05, 4.69) is 15.6 Å². The third-order valence-corrected chi connectivity index (χ3v) is 6.56. The van der Waals surface area contributed by atoms with Gasteiger partial charge in [-0.2, -0.15) is 11.8 Å². The highest BCUT2D eigenvalue weighted by Gasteiger charge is 2.28. The van der Waals surface area contributed by atoms with Crippen LogP contribution in [0.4, 0.5) is 4.79 Å². The molecule has 3 N–H and O–H groups in total. The van der Waals surface area contributed by atoms with E-state index in [1.54, 1.807) is 46.2 Å². The molecule has 1 aliphatic rings. The minimum Gasteiger partial charge on any atom is -0.467 e. The monoisotopic (exact) mass is 483 g/mol. The molecule has 0 bridgehead atoms. The number of benzene rings is 1. The van der Waals surface area contributed by atoms with Crippen molar-refractivity contribution in [2.24, 2.45) is 0 Å². The molecule has 1 atom stereocenters. The van der Waals surface area contributed by atoms with E-state index >= 15 is 0 Å². The van der Waals surface area contributed by atoms with Gasteiger partial charge in [0.05, 0.1) is 18.4 Å². The lowest BCUT2D eigenvalue weighted by molar-refractivity contribution is -0.123. The molecule has 9 nitrogen and oxygen atoms in total. The molecule has 0 spiro atoms. The number of H-pyrrole nitrogens is 1. The van der Waals surface area contributed by atoms with Crippen molar-refractivity contribution in [2.75, 3.05) is 38.2 Å². The van der Waals surface area contributed by atoms with Crippen LogP contribution in [0.2, 0.25) is 0 Å². The maximum Gasteiger partial charge on any atom is 0.318 e. The Morgan fingerprint density at radius 1 is 1.09 bits per heavy atom. The molecule has 1 unspecified atom stereocenters. The number of carbonyl (C=O) groups excluding carboxylic acids is 3. The fraction of sp³-hybridized carbons (Fsp3) is 0.375. The third kappa shape index (κ3) is 5.56. The highest BCUT2D eigenvalue weighted by atomic mass is 32.2. The van der Waals surface area contributed by atoms with E-state index in [4.69, 9.17) is 4.42 Å². The van der Waals surface area contributed by atoms with Gasteiger partial charge in [0.2, 0.25) is 5.91 Å². The van der Waals surface area contributed by atoms with Gasteiger partial charge in [0.1, 0.15) is 11.8 Å². The summed E-state index contributed by atoms with van der Waals surface area (Å²) in [5.74, 6) is 1.10. The number of hydrogen-bond donors (Lipinski definition) is 3. The Kier molecular flexibility index (Phi) is 7.79. The summed E-state index contributed by atoms with van der Waals surface area (Å²) in [6.45, 7) is 1.95. The Morgan fingerprint density at radius 2 is 1.85 bits per heavy atom. The highest BCUT2D eigenvalue weighted by Crippen LogP contribution is 2.20. The molecule has 1 fully saturated rings. The summed E-state index contributed by atoms with van der Waals surface area (Å²) in [5, 5.41) is 6.59. The van der Waals surface area contributed by atoms with Crippen LogP contribution in [0.15, 0.2) is 53.3 Å². The van der Waals surface area contributed by atoms with Crippen LogP contribution in [0.3, 0.4) is 0 Å². The predicted molar refractivity (Wildman–Crippen MR) is 132 cm³/mol. The van der Waals surface area contributed by atoms with E-state index in [0.29, 0.717) is 43.9 Å². The van der Waals surface area contributed by atoms with Crippen molar-refractivity contribution in [3.63, 3.8) is 0 Å². The van der Waals surface area contributed by atoms with E-state index in [1.165, 1.54) is 0 Å². The fourth-order valence-electron chi connectivity index (χ4n) is 3.99. The number of piperazine rings is 1. The number of furan rings is 1. The first-order chi connectivity index (χ1) is 16.6. The number of thioether (sulfide) groups is 1. The van der Waals surface area contributed by atoms with Crippen LogP contribution in [-0.4, -0.2) is 76.9 Å². The van der Waals surface area contributed by atoms with Gasteiger partial charge in [0.15, 0.2) is 0 Å². The largest absolute Gasteiger partial charge is 0.467 e. The molecule has 180 valence electrons. The lowest BCUT2D eigenvalue weighted by Gasteiger charge is -2.35. The van der Waals surface area contributed by atoms with Crippen LogP contribution >= 0.6 is 11.8 Å². The molecule has 34 heavy (non-hydrogen) atoms. The molecule has 1 aromatic carbocycles. The molecule has 4 amide bonds. The molecular formula is C24H29N5O4S. The first-order valence-corrected chi connectivity index (χ1v) is 12.7. The summed E-state index contributed by atoms with van der Waals surface area (Å²) in [4.78, 5) is 45.2. The molecule has 10 heteroatoms. The highest BCUT2D eigenvalue weighted by molar-refractivity contribution is 7.98. The zero-order valence-corrected chi connectivity index (χ0v) is 19.9. The Hall–Kier alpha value is -3.40. The Balaban J connectivity index is 1.31. The van der Waals surface area contributed by atoms with Crippen molar-refractivity contribution in [1.29, 1.82) is 0 Å². The smallest absolute Gasteiger partial charge is 0.318 e. The summed E-state index contributed by atoms with van der Waals surface area (Å²) in [6, 6.07) is 10.3. The number of hydrogen-bond acceptors (Lipinski definition) is 5. The molecule has 4 rings (SSSR count). The summed E-state index contributed by atoms with van der Waals surface area (Å²) in [5.41, 5.74) is 1.56. The number of fused-ring (bicyclic) bond motifs is 1. The number of carbonyl (C=O) groups is 3. The first kappa shape index (κ1) is 23.7. The topological polar surface area (TPSA) is 111 Å². The third-order valence-electron chi connectivity index (χ3n) is 5.92. The summed E-state index contributed by atoms with van der Waals surface area (Å²) >= 11 is 1.62. The minimum atomic E-state index is -0.638. The van der Waals surface area contributed by atoms with Gasteiger partial charge in [-0.3, -0.25) is 9.59 Å². The van der Waals surface area contributed by atoms with Gasteiger partial charge in [-0.15, -0.1) is 0 Å². The SMILES string of the molecule is CSCCC(NC(=O)N1CCN(C(=O)c2c[nH]c3ccccc23)CC1)C(=O)NCc1ccco1. The summed E-state index contributed by atoms with van der Waals surface area (Å²) < 4.78 is 5.25. The molecule has 3 aromatic rings. The second-order valence-electron chi connectivity index (χ2n) is 8.11. The lowest BCUT2D eigenvalue weighted by Crippen LogP contribution is -2.56. The summed E-state index contributed by atoms with van der Waals surface area (Å²) in [7, 11) is 0. The van der Waals surface area contributed by atoms with Gasteiger partial charge in [-0.05, 0) is 36.6 Å². The van der Waals surface area contributed by atoms with Crippen LogP contribution in [0.5, 0.6) is 0 Å². The number of rotatable bonds is 8. The Bertz CT molecular complexity index is 1120. The Labute approximate surface area is 202 Å². The fourth-order valence-corrected chi connectivity index (χ4v) is 4.46. The van der Waals surface area contributed by atoms with Crippen LogP contribution in [0.1, 0.15) is 22.5 Å². The van der Waals surface area contributed by atoms with Crippen LogP contribution in [0, 0.1) is 0 Å². The van der Waals surface area contributed by atoms with E-state index in [0.717, 1.165) is 16.7 Å². The van der Waals surface area contributed by atoms with E-state index in [-0.39, 0.29) is 24.4 Å². The maximum absolute atomic E-state index is 13.0. The number of nitrogens with zero attached hydrogens (tertiary/aromatic N) is 2. The van der Waals surface area contributed by atoms with Gasteiger partial charge in [0.25, 0.3) is 5.91 Å². The van der Waals surface area contributed by atoms with Gasteiger partial charge in [-0.1, -0.05) is 18.2 Å². The van der Waals surface area contributed by atoms with Crippen LogP contribution in [-0.2, 0) is 11.3 Å². The van der Waals surface area contributed by atoms with Crippen molar-refractivity contribution in [1.82, 2.24) is 25.4 Å². The molecule has 3 heterocycles. The van der Waals surface area contributed by atoms with Crippen molar-refractivity contribution in [2.45, 2.75) is 19.0 Å². The second kappa shape index (κ2) is 11.1. The van der Waals surface area contributed by atoms with Crippen molar-refractivity contribution < 1.29 is 18.8 Å². The van der Waals surface area contributed by atoms with Gasteiger partial charge in [0, 0.05) is 43.3 Å². The van der Waals surface area contributed by atoms with Crippen LogP contribution in [0.25, 0.3) is 10.9 Å². The van der Waals surface area contributed by atoms with Gasteiger partial charge < -0.3 is 29.8 Å². The maximum atomic E-state index is 13.0. The standard InChI is InChI=1S/C24H29N5O4S/c1-34-14-8-21(22(30)26-15-17-5-4-13-33-17)27-24(32)29-11-9-28(10-12-29)23(31)19-16-25-20-7-3-2-6-18(19)20/h2-7,13,16,21,25H,8-12,14-15H2,1H3,(H,26,30)(H,27,32). The zero-order chi connectivity index (χ0) is 23.9. The number of nitrogens with one attached hydrogen (secondary N) is 3. The van der Waals surface area contributed by atoms with Crippen molar-refractivity contribution in [3.8, 4) is 0 Å². The van der Waals surface area contributed by atoms with E-state index in [1.807, 2.05) is 30.5 Å². The molecule has 0 radical (unpaired) electrons. The number of para-hydroxylation sites is 1. The average Bonchev–Trinajstić information content (AvgIpc) is 3.54. The van der Waals surface area contributed by atoms with E-state index < -0.39 is 6.04 Å². The molecule has 0 saturated carbocycles. The molecule has 2 aromatic heterocycles. The normalized spacial score (nSPS) is 14.7. The number of amides is 4. The second-order valence-corrected chi connectivity index (χ2v) is 9.09. The number of urea groups is 1. The van der Waals surface area contributed by atoms with Crippen molar-refractivity contribution in [3.05, 3.63) is 60.2 Å². The summed E-state index contributed by atoms with van der Waals surface area (Å²) in [6.07, 6.45) is 5.78. The number of aromatic amines is 1. The molecule has 1 saturated heterocycles.